The number of aliphatic hydroxyl groups is 8. The molecule has 1 amide bonds. The van der Waals surface area contributed by atoms with E-state index in [-0.39, 0.29) is 18.9 Å². The number of carbonyl (C=O) groups excluding carboxylic acids is 1. The van der Waals surface area contributed by atoms with Gasteiger partial charge in [-0.1, -0.05) is 209 Å². The predicted octanol–water partition coefficient (Wildman–Crippen LogP) is 9.55. The van der Waals surface area contributed by atoms with Crippen molar-refractivity contribution in [1.29, 1.82) is 0 Å². The number of rotatable bonds is 45. The van der Waals surface area contributed by atoms with E-state index in [0.717, 1.165) is 70.6 Å². The van der Waals surface area contributed by atoms with Gasteiger partial charge in [0.2, 0.25) is 5.91 Å². The van der Waals surface area contributed by atoms with Gasteiger partial charge < -0.3 is 65.1 Å². The second-order valence-electron chi connectivity index (χ2n) is 20.4. The summed E-state index contributed by atoms with van der Waals surface area (Å²) < 4.78 is 22.7. The molecule has 0 aliphatic carbocycles. The van der Waals surface area contributed by atoms with Crippen molar-refractivity contribution in [3.8, 4) is 0 Å². The molecular weight excluding hydrogens is 943 g/mol. The molecule has 0 bridgehead atoms. The molecule has 14 heteroatoms. The number of unbranched alkanes of at least 4 members (excludes halogenated alkanes) is 22. The lowest BCUT2D eigenvalue weighted by molar-refractivity contribution is -0.359. The molecule has 0 aromatic carbocycles. The number of carbonyl (C=O) groups is 1. The summed E-state index contributed by atoms with van der Waals surface area (Å²) in [6, 6.07) is -0.936. The molecule has 74 heavy (non-hydrogen) atoms. The van der Waals surface area contributed by atoms with E-state index in [2.05, 4.69) is 79.9 Å². The second-order valence-corrected chi connectivity index (χ2v) is 20.4. The van der Waals surface area contributed by atoms with E-state index < -0.39 is 86.8 Å². The summed E-state index contributed by atoms with van der Waals surface area (Å²) in [6.07, 6.45) is 42.2. The van der Waals surface area contributed by atoms with Crippen LogP contribution in [0.25, 0.3) is 0 Å². The molecule has 14 nitrogen and oxygen atoms in total. The molecule has 2 rings (SSSR count). The van der Waals surface area contributed by atoms with Crippen LogP contribution in [0.5, 0.6) is 0 Å². The monoisotopic (exact) mass is 1050 g/mol. The third kappa shape index (κ3) is 31.0. The fourth-order valence-electron chi connectivity index (χ4n) is 9.20. The van der Waals surface area contributed by atoms with Gasteiger partial charge >= 0.3 is 0 Å². The van der Waals surface area contributed by atoms with Gasteiger partial charge in [-0.2, -0.15) is 0 Å². The van der Waals surface area contributed by atoms with Gasteiger partial charge in [0.1, 0.15) is 48.8 Å². The van der Waals surface area contributed by atoms with Crippen LogP contribution in [0.1, 0.15) is 206 Å². The molecule has 12 atom stereocenters. The molecule has 2 aliphatic heterocycles. The van der Waals surface area contributed by atoms with Gasteiger partial charge in [-0.25, -0.2) is 0 Å². The first-order valence-electron chi connectivity index (χ1n) is 29.2. The number of allylic oxidation sites excluding steroid dienone is 11. The smallest absolute Gasteiger partial charge is 0.220 e. The van der Waals surface area contributed by atoms with Crippen molar-refractivity contribution < 1.29 is 64.6 Å². The summed E-state index contributed by atoms with van der Waals surface area (Å²) in [5.41, 5.74) is 0. The fraction of sp³-hybridized carbons (Fsp3) is 0.783. The number of aliphatic hydroxyl groups excluding tert-OH is 8. The summed E-state index contributed by atoms with van der Waals surface area (Å²) >= 11 is 0. The SMILES string of the molecule is CC/C=C\C/C=C\C/C=C\C/C=C\C/C=C\CCCCCC(=O)NC(COC1OC(CO)C(OC2OC(CO)C(O)C(O)C2O)C(O)C1O)C(O)/C=C/CCCCCCCCCCCCCCCCCCCCC. The van der Waals surface area contributed by atoms with E-state index in [0.29, 0.717) is 6.42 Å². The number of hydrogen-bond donors (Lipinski definition) is 9. The second kappa shape index (κ2) is 45.4. The molecule has 9 N–H and O–H groups in total. The van der Waals surface area contributed by atoms with Gasteiger partial charge in [0, 0.05) is 6.42 Å². The van der Waals surface area contributed by atoms with Crippen molar-refractivity contribution in [2.75, 3.05) is 19.8 Å². The van der Waals surface area contributed by atoms with Crippen LogP contribution >= 0.6 is 0 Å². The molecule has 2 heterocycles. The van der Waals surface area contributed by atoms with E-state index in [9.17, 15) is 45.6 Å². The maximum atomic E-state index is 13.2. The average Bonchev–Trinajstić information content (AvgIpc) is 3.40. The molecule has 2 fully saturated rings. The highest BCUT2D eigenvalue weighted by Gasteiger charge is 2.51. The number of nitrogens with one attached hydrogen (secondary N) is 1. The Bertz CT molecular complexity index is 1520. The largest absolute Gasteiger partial charge is 0.394 e. The highest BCUT2D eigenvalue weighted by molar-refractivity contribution is 5.76. The molecule has 2 saturated heterocycles. The Morgan fingerprint density at radius 2 is 0.932 bits per heavy atom. The quantitative estimate of drug-likeness (QED) is 0.0205. The number of hydrogen-bond acceptors (Lipinski definition) is 13. The first kappa shape index (κ1) is 67.5. The first-order valence-corrected chi connectivity index (χ1v) is 29.2. The van der Waals surface area contributed by atoms with Crippen LogP contribution < -0.4 is 5.32 Å². The maximum absolute atomic E-state index is 13.2. The summed E-state index contributed by atoms with van der Waals surface area (Å²) in [6.45, 7) is 2.66. The fourth-order valence-corrected chi connectivity index (χ4v) is 9.20. The maximum Gasteiger partial charge on any atom is 0.220 e. The molecule has 0 spiro atoms. The minimum atomic E-state index is -1.79. The Kier molecular flexibility index (Phi) is 41.5. The third-order valence-electron chi connectivity index (χ3n) is 13.9. The molecule has 0 saturated carbocycles. The molecule has 428 valence electrons. The molecule has 0 aromatic heterocycles. The summed E-state index contributed by atoms with van der Waals surface area (Å²) in [4.78, 5) is 13.2. The van der Waals surface area contributed by atoms with E-state index in [1.54, 1.807) is 6.08 Å². The molecule has 0 aromatic rings. The van der Waals surface area contributed by atoms with Gasteiger partial charge in [0.25, 0.3) is 0 Å². The van der Waals surface area contributed by atoms with Crippen LogP contribution in [0.4, 0.5) is 0 Å². The lowest BCUT2D eigenvalue weighted by atomic mass is 9.97. The van der Waals surface area contributed by atoms with Crippen molar-refractivity contribution >= 4 is 5.91 Å². The zero-order chi connectivity index (χ0) is 53.9. The van der Waals surface area contributed by atoms with Crippen LogP contribution in [0, 0.1) is 0 Å². The Labute approximate surface area is 447 Å². The predicted molar refractivity (Wildman–Crippen MR) is 295 cm³/mol. The van der Waals surface area contributed by atoms with Crippen molar-refractivity contribution in [3.05, 3.63) is 72.9 Å². The lowest BCUT2D eigenvalue weighted by Gasteiger charge is -2.46. The van der Waals surface area contributed by atoms with E-state index in [1.807, 2.05) is 6.08 Å². The van der Waals surface area contributed by atoms with Crippen LogP contribution in [0.3, 0.4) is 0 Å². The Balaban J connectivity index is 1.81. The Morgan fingerprint density at radius 1 is 0.500 bits per heavy atom. The van der Waals surface area contributed by atoms with Crippen LogP contribution in [0.15, 0.2) is 72.9 Å². The van der Waals surface area contributed by atoms with Crippen LogP contribution in [0.2, 0.25) is 0 Å². The molecule has 2 aliphatic rings. The summed E-state index contributed by atoms with van der Waals surface area (Å²) in [7, 11) is 0. The molecule has 12 unspecified atom stereocenters. The zero-order valence-corrected chi connectivity index (χ0v) is 45.8. The van der Waals surface area contributed by atoms with Gasteiger partial charge in [-0.05, 0) is 64.2 Å². The number of ether oxygens (including phenoxy) is 4. The van der Waals surface area contributed by atoms with Crippen LogP contribution in [-0.2, 0) is 23.7 Å². The van der Waals surface area contributed by atoms with Crippen molar-refractivity contribution in [2.24, 2.45) is 0 Å². The van der Waals surface area contributed by atoms with Gasteiger partial charge in [0.15, 0.2) is 12.6 Å². The average molecular weight is 1050 g/mol. The zero-order valence-electron chi connectivity index (χ0n) is 45.8. The number of amides is 1. The van der Waals surface area contributed by atoms with Crippen molar-refractivity contribution in [1.82, 2.24) is 5.32 Å². The van der Waals surface area contributed by atoms with E-state index in [1.165, 1.54) is 109 Å². The van der Waals surface area contributed by atoms with Crippen LogP contribution in [-0.4, -0.2) is 140 Å². The molecular formula is C60H105NO13. The summed E-state index contributed by atoms with van der Waals surface area (Å²) in [5.74, 6) is -0.272. The van der Waals surface area contributed by atoms with Gasteiger partial charge in [0.05, 0.1) is 32.0 Å². The first-order chi connectivity index (χ1) is 36.1. The lowest BCUT2D eigenvalue weighted by Crippen LogP contribution is -2.65. The minimum Gasteiger partial charge on any atom is -0.394 e. The standard InChI is InChI=1S/C60H105NO13/c1-3-5-7-9-11-13-15-17-19-21-23-24-26-27-29-31-33-35-37-39-41-43-49(64)48(61-52(65)44-42-40-38-36-34-32-30-28-25-22-20-18-16-14-12-10-8-6-4-2)47-71-59-57(70)55(68)58(51(46-63)73-59)74-60-56(69)54(67)53(66)50(45-62)72-60/h6,8,12,14,18,20,25,28,32,34,41,43,48-51,53-60,62-64,66-70H,3-5,7,9-11,13,15-17,19,21-24,26-27,29-31,33,35-40,42,44-47H2,1-2H3,(H,61,65)/b8-6-,14-12-,20-18-,28-25-,34-32-,43-41+. The van der Waals surface area contributed by atoms with Crippen molar-refractivity contribution in [2.45, 2.75) is 280 Å². The Hall–Kier alpha value is -2.57. The van der Waals surface area contributed by atoms with E-state index >= 15 is 0 Å². The Morgan fingerprint density at radius 3 is 1.43 bits per heavy atom. The van der Waals surface area contributed by atoms with Gasteiger partial charge in [-0.3, -0.25) is 4.79 Å². The normalized spacial score (nSPS) is 25.8. The summed E-state index contributed by atoms with van der Waals surface area (Å²) in [5, 5.41) is 87.0. The molecule has 0 radical (unpaired) electrons. The minimum absolute atomic E-state index is 0.239. The topological polar surface area (TPSA) is 228 Å². The highest BCUT2D eigenvalue weighted by atomic mass is 16.7. The van der Waals surface area contributed by atoms with Gasteiger partial charge in [-0.15, -0.1) is 0 Å². The van der Waals surface area contributed by atoms with Crippen molar-refractivity contribution in [3.63, 3.8) is 0 Å². The third-order valence-corrected chi connectivity index (χ3v) is 13.9. The highest BCUT2D eigenvalue weighted by Crippen LogP contribution is 2.30. The van der Waals surface area contributed by atoms with E-state index in [4.69, 9.17) is 18.9 Å².